The van der Waals surface area contributed by atoms with Crippen LogP contribution in [0.15, 0.2) is 54.6 Å². The number of hydrogen-bond acceptors (Lipinski definition) is 0. The van der Waals surface area contributed by atoms with E-state index < -0.39 is 0 Å². The van der Waals surface area contributed by atoms with Gasteiger partial charge < -0.3 is 0 Å². The fraction of sp³-hybridized carbons (Fsp3) is 0.0588. The minimum absolute atomic E-state index is 1.05. The minimum atomic E-state index is 1.05. The third-order valence-corrected chi connectivity index (χ3v) is 2.93. The van der Waals surface area contributed by atoms with Gasteiger partial charge in [0.15, 0.2) is 0 Å². The van der Waals surface area contributed by atoms with E-state index in [1.807, 2.05) is 13.0 Å². The lowest BCUT2D eigenvalue weighted by Gasteiger charge is -2.04. The van der Waals surface area contributed by atoms with Crippen LogP contribution in [0.3, 0.4) is 0 Å². The molecular weight excluding hydrogens is 204 g/mol. The predicted octanol–water partition coefficient (Wildman–Crippen LogP) is 4.42. The van der Waals surface area contributed by atoms with E-state index in [2.05, 4.69) is 60.7 Å². The van der Waals surface area contributed by atoms with Crippen LogP contribution in [0, 0.1) is 19.1 Å². The third-order valence-electron chi connectivity index (χ3n) is 2.93. The van der Waals surface area contributed by atoms with Gasteiger partial charge in [-0.05, 0) is 52.6 Å². The number of rotatable bonds is 1. The summed E-state index contributed by atoms with van der Waals surface area (Å²) in [6.45, 7) is 2.02. The van der Waals surface area contributed by atoms with Gasteiger partial charge in [-0.1, -0.05) is 48.5 Å². The molecule has 0 unspecified atom stereocenters. The van der Waals surface area contributed by atoms with Gasteiger partial charge in [0.25, 0.3) is 0 Å². The van der Waals surface area contributed by atoms with Crippen molar-refractivity contribution in [2.24, 2.45) is 0 Å². The average Bonchev–Trinajstić information content (AvgIpc) is 2.38. The Labute approximate surface area is 102 Å². The first-order valence-electron chi connectivity index (χ1n) is 5.73. The molecule has 3 aromatic carbocycles. The Hall–Kier alpha value is -2.08. The van der Waals surface area contributed by atoms with Crippen molar-refractivity contribution in [1.29, 1.82) is 0 Å². The molecule has 80 valence electrons. The summed E-state index contributed by atoms with van der Waals surface area (Å²) in [5.74, 6) is 0. The highest BCUT2D eigenvalue weighted by Gasteiger charge is 1.99. The summed E-state index contributed by atoms with van der Waals surface area (Å²) in [4.78, 5) is 0. The van der Waals surface area contributed by atoms with E-state index in [9.17, 15) is 0 Å². The van der Waals surface area contributed by atoms with Gasteiger partial charge in [0.05, 0.1) is 0 Å². The van der Waals surface area contributed by atoms with Crippen molar-refractivity contribution in [2.75, 3.05) is 0 Å². The van der Waals surface area contributed by atoms with Gasteiger partial charge in [-0.15, -0.1) is 0 Å². The van der Waals surface area contributed by atoms with E-state index in [0.29, 0.717) is 0 Å². The molecule has 3 aromatic rings. The van der Waals surface area contributed by atoms with Crippen LogP contribution in [-0.2, 0) is 0 Å². The highest BCUT2D eigenvalue weighted by Crippen LogP contribution is 2.24. The standard InChI is InChI=1S/C17H12/c1-13-5-4-8-15(11-13)17-10-9-14-6-2-3-7-16(14)12-17/h2-4,6-10,12H,1H3. The SMILES string of the molecule is Cc1[c]ccc(-c2ccc3ccccc3c2)[c]1. The fourth-order valence-electron chi connectivity index (χ4n) is 2.06. The van der Waals surface area contributed by atoms with E-state index in [0.717, 1.165) is 11.1 Å². The normalized spacial score (nSPS) is 10.6. The fourth-order valence-corrected chi connectivity index (χ4v) is 2.06. The van der Waals surface area contributed by atoms with Crippen molar-refractivity contribution in [3.63, 3.8) is 0 Å². The second-order valence-electron chi connectivity index (χ2n) is 4.20. The maximum atomic E-state index is 3.33. The molecule has 0 fully saturated rings. The van der Waals surface area contributed by atoms with Crippen LogP contribution in [0.5, 0.6) is 0 Å². The smallest absolute Gasteiger partial charge is 0.00608 e. The van der Waals surface area contributed by atoms with Gasteiger partial charge in [0.1, 0.15) is 0 Å². The molecule has 2 radical (unpaired) electrons. The molecule has 0 aliphatic carbocycles. The molecule has 0 saturated heterocycles. The van der Waals surface area contributed by atoms with Crippen LogP contribution in [0.1, 0.15) is 5.56 Å². The van der Waals surface area contributed by atoms with Crippen LogP contribution in [0.2, 0.25) is 0 Å². The van der Waals surface area contributed by atoms with Gasteiger partial charge in [0.2, 0.25) is 0 Å². The Kier molecular flexibility index (Phi) is 2.41. The molecule has 0 N–H and O–H groups in total. The molecule has 0 atom stereocenters. The van der Waals surface area contributed by atoms with E-state index >= 15 is 0 Å². The first kappa shape index (κ1) is 10.1. The Morgan fingerprint density at radius 3 is 2.53 bits per heavy atom. The summed E-state index contributed by atoms with van der Waals surface area (Å²) in [5, 5.41) is 2.54. The number of benzene rings is 3. The van der Waals surface area contributed by atoms with Crippen molar-refractivity contribution in [1.82, 2.24) is 0 Å². The summed E-state index contributed by atoms with van der Waals surface area (Å²) in [7, 11) is 0. The molecule has 0 aliphatic heterocycles. The number of fused-ring (bicyclic) bond motifs is 1. The Morgan fingerprint density at radius 1 is 0.882 bits per heavy atom. The lowest BCUT2D eigenvalue weighted by atomic mass is 10.0. The topological polar surface area (TPSA) is 0 Å². The highest BCUT2D eigenvalue weighted by atomic mass is 14.0. The minimum Gasteiger partial charge on any atom is -0.0616 e. The molecule has 0 aliphatic rings. The molecule has 0 bridgehead atoms. The van der Waals surface area contributed by atoms with E-state index in [1.165, 1.54) is 16.3 Å². The molecule has 0 aromatic heterocycles. The largest absolute Gasteiger partial charge is 0.0616 e. The van der Waals surface area contributed by atoms with Crippen molar-refractivity contribution in [2.45, 2.75) is 6.92 Å². The van der Waals surface area contributed by atoms with E-state index in [4.69, 9.17) is 0 Å². The van der Waals surface area contributed by atoms with Crippen LogP contribution >= 0.6 is 0 Å². The second-order valence-corrected chi connectivity index (χ2v) is 4.20. The molecule has 0 amide bonds. The molecule has 3 rings (SSSR count). The van der Waals surface area contributed by atoms with Crippen molar-refractivity contribution in [3.8, 4) is 11.1 Å². The molecule has 0 spiro atoms. The highest BCUT2D eigenvalue weighted by molar-refractivity contribution is 5.87. The average molecular weight is 216 g/mol. The zero-order valence-corrected chi connectivity index (χ0v) is 9.70. The zero-order chi connectivity index (χ0) is 11.7. The maximum absolute atomic E-state index is 3.33. The Balaban J connectivity index is 2.18. The van der Waals surface area contributed by atoms with Crippen LogP contribution in [-0.4, -0.2) is 0 Å². The van der Waals surface area contributed by atoms with Gasteiger partial charge in [-0.2, -0.15) is 0 Å². The van der Waals surface area contributed by atoms with Gasteiger partial charge >= 0.3 is 0 Å². The summed E-state index contributed by atoms with van der Waals surface area (Å²) in [6, 6.07) is 25.4. The quantitative estimate of drug-likeness (QED) is 0.565. The molecule has 0 heteroatoms. The van der Waals surface area contributed by atoms with E-state index in [1.54, 1.807) is 0 Å². The second kappa shape index (κ2) is 4.06. The third kappa shape index (κ3) is 1.94. The van der Waals surface area contributed by atoms with Gasteiger partial charge in [0, 0.05) is 0 Å². The predicted molar refractivity (Wildman–Crippen MR) is 71.8 cm³/mol. The van der Waals surface area contributed by atoms with Crippen molar-refractivity contribution in [3.05, 3.63) is 72.3 Å². The summed E-state index contributed by atoms with van der Waals surface area (Å²) in [5.41, 5.74) is 3.39. The number of hydrogen-bond donors (Lipinski definition) is 0. The molecule has 0 saturated carbocycles. The monoisotopic (exact) mass is 216 g/mol. The number of aryl methyl sites for hydroxylation is 1. The Bertz CT molecular complexity index is 665. The summed E-state index contributed by atoms with van der Waals surface area (Å²) >= 11 is 0. The lowest BCUT2D eigenvalue weighted by Crippen LogP contribution is -1.81. The first-order valence-corrected chi connectivity index (χ1v) is 5.73. The molecule has 17 heavy (non-hydrogen) atoms. The summed E-state index contributed by atoms with van der Waals surface area (Å²) < 4.78 is 0. The zero-order valence-electron chi connectivity index (χ0n) is 9.70. The van der Waals surface area contributed by atoms with Crippen LogP contribution in [0.4, 0.5) is 0 Å². The van der Waals surface area contributed by atoms with Crippen LogP contribution in [0.25, 0.3) is 21.9 Å². The summed E-state index contributed by atoms with van der Waals surface area (Å²) in [6.07, 6.45) is 0. The molecule has 0 nitrogen and oxygen atoms in total. The first-order chi connectivity index (χ1) is 8.33. The van der Waals surface area contributed by atoms with Crippen molar-refractivity contribution < 1.29 is 0 Å². The lowest BCUT2D eigenvalue weighted by molar-refractivity contribution is 1.44. The van der Waals surface area contributed by atoms with Gasteiger partial charge in [-0.3, -0.25) is 0 Å². The van der Waals surface area contributed by atoms with E-state index in [-0.39, 0.29) is 0 Å². The Morgan fingerprint density at radius 2 is 1.71 bits per heavy atom. The van der Waals surface area contributed by atoms with Crippen LogP contribution < -0.4 is 0 Å². The van der Waals surface area contributed by atoms with Crippen molar-refractivity contribution >= 4 is 10.8 Å². The van der Waals surface area contributed by atoms with Gasteiger partial charge in [-0.25, -0.2) is 0 Å². The molecular formula is C17H12. The maximum Gasteiger partial charge on any atom is -0.00608 e. The molecule has 0 heterocycles.